The Morgan fingerprint density at radius 2 is 1.92 bits per heavy atom. The molecule has 8 heteroatoms. The van der Waals surface area contributed by atoms with Crippen LogP contribution >= 0.6 is 11.3 Å². The van der Waals surface area contributed by atoms with Crippen molar-refractivity contribution >= 4 is 33.5 Å². The van der Waals surface area contributed by atoms with Gasteiger partial charge in [0.2, 0.25) is 10.0 Å². The molecule has 1 N–H and O–H groups in total. The average molecular weight is 380 g/mol. The molecule has 2 rings (SSSR count). The number of benzene rings is 1. The summed E-state index contributed by atoms with van der Waals surface area (Å²) in [4.78, 5) is 13.1. The van der Waals surface area contributed by atoms with Crippen LogP contribution in [-0.2, 0) is 14.8 Å². The van der Waals surface area contributed by atoms with Crippen LogP contribution in [0, 0.1) is 20.8 Å². The molecule has 2 aromatic rings. The summed E-state index contributed by atoms with van der Waals surface area (Å²) in [6.45, 7) is 5.12. The fourth-order valence-corrected chi connectivity index (χ4v) is 4.70. The van der Waals surface area contributed by atoms with E-state index in [0.717, 1.165) is 14.7 Å². The van der Waals surface area contributed by atoms with Crippen molar-refractivity contribution in [3.05, 3.63) is 51.2 Å². The lowest BCUT2D eigenvalue weighted by Crippen LogP contribution is -2.37. The highest BCUT2D eigenvalue weighted by molar-refractivity contribution is 7.89. The van der Waals surface area contributed by atoms with Gasteiger partial charge in [-0.05, 0) is 43.3 Å². The maximum atomic E-state index is 12.8. The van der Waals surface area contributed by atoms with Crippen LogP contribution in [0.15, 0.2) is 39.6 Å². The van der Waals surface area contributed by atoms with Crippen LogP contribution in [0.2, 0.25) is 0 Å². The first-order valence-electron chi connectivity index (χ1n) is 7.61. The first-order chi connectivity index (χ1) is 11.7. The third-order valence-electron chi connectivity index (χ3n) is 3.56. The normalized spacial score (nSPS) is 12.0. The van der Waals surface area contributed by atoms with E-state index >= 15 is 0 Å². The van der Waals surface area contributed by atoms with Gasteiger partial charge in [0, 0.05) is 11.9 Å². The lowest BCUT2D eigenvalue weighted by molar-refractivity contribution is -0.121. The molecule has 0 bridgehead atoms. The summed E-state index contributed by atoms with van der Waals surface area (Å²) in [5, 5.41) is 5.73. The molecule has 134 valence electrons. The van der Waals surface area contributed by atoms with Crippen LogP contribution in [0.25, 0.3) is 0 Å². The quantitative estimate of drug-likeness (QED) is 0.618. The number of rotatable bonds is 6. The molecule has 0 aliphatic heterocycles. The molecule has 0 saturated heterocycles. The second-order valence-electron chi connectivity index (χ2n) is 5.80. The average Bonchev–Trinajstić information content (AvgIpc) is 2.98. The van der Waals surface area contributed by atoms with Gasteiger partial charge in [0.05, 0.1) is 17.7 Å². The molecule has 1 heterocycles. The Morgan fingerprint density at radius 1 is 1.28 bits per heavy atom. The predicted octanol–water partition coefficient (Wildman–Crippen LogP) is 2.44. The topological polar surface area (TPSA) is 78.8 Å². The summed E-state index contributed by atoms with van der Waals surface area (Å²) >= 11 is 1.49. The second-order valence-corrected chi connectivity index (χ2v) is 8.76. The van der Waals surface area contributed by atoms with Crippen LogP contribution < -0.4 is 5.43 Å². The van der Waals surface area contributed by atoms with Gasteiger partial charge in [-0.25, -0.2) is 13.8 Å². The van der Waals surface area contributed by atoms with E-state index in [9.17, 15) is 13.2 Å². The summed E-state index contributed by atoms with van der Waals surface area (Å²) in [6.07, 6.45) is 1.52. The monoisotopic (exact) mass is 379 g/mol. The van der Waals surface area contributed by atoms with E-state index in [2.05, 4.69) is 10.5 Å². The van der Waals surface area contributed by atoms with Gasteiger partial charge < -0.3 is 0 Å². The SMILES string of the molecule is Cc1cc(C)c(S(=O)(=O)N(C)CC(=O)N/N=C\c2cccs2)c(C)c1. The molecule has 6 nitrogen and oxygen atoms in total. The molecule has 0 unspecified atom stereocenters. The van der Waals surface area contributed by atoms with Gasteiger partial charge >= 0.3 is 0 Å². The highest BCUT2D eigenvalue weighted by atomic mass is 32.2. The maximum Gasteiger partial charge on any atom is 0.255 e. The third-order valence-corrected chi connectivity index (χ3v) is 6.48. The molecule has 25 heavy (non-hydrogen) atoms. The zero-order chi connectivity index (χ0) is 18.6. The molecule has 0 aliphatic carbocycles. The van der Waals surface area contributed by atoms with Crippen molar-refractivity contribution in [1.29, 1.82) is 0 Å². The van der Waals surface area contributed by atoms with Crippen LogP contribution in [0.5, 0.6) is 0 Å². The van der Waals surface area contributed by atoms with Crippen molar-refractivity contribution in [1.82, 2.24) is 9.73 Å². The lowest BCUT2D eigenvalue weighted by atomic mass is 10.1. The van der Waals surface area contributed by atoms with Crippen LogP contribution in [0.1, 0.15) is 21.6 Å². The van der Waals surface area contributed by atoms with Gasteiger partial charge in [-0.2, -0.15) is 9.41 Å². The summed E-state index contributed by atoms with van der Waals surface area (Å²) in [6, 6.07) is 7.37. The van der Waals surface area contributed by atoms with Crippen molar-refractivity contribution in [2.24, 2.45) is 5.10 Å². The Hall–Kier alpha value is -2.03. The number of likely N-dealkylation sites (N-methyl/N-ethyl adjacent to an activating group) is 1. The molecular formula is C17H21N3O3S2. The molecule has 0 spiro atoms. The first kappa shape index (κ1) is 19.3. The summed E-state index contributed by atoms with van der Waals surface area (Å²) in [5.41, 5.74) is 4.68. The number of nitrogens with one attached hydrogen (secondary N) is 1. The Labute approximate surface area is 152 Å². The Balaban J connectivity index is 2.09. The van der Waals surface area contributed by atoms with Crippen molar-refractivity contribution in [3.63, 3.8) is 0 Å². The van der Waals surface area contributed by atoms with Crippen molar-refractivity contribution in [2.45, 2.75) is 25.7 Å². The van der Waals surface area contributed by atoms with Gasteiger partial charge in [-0.15, -0.1) is 11.3 Å². The zero-order valence-corrected chi connectivity index (χ0v) is 16.2. The Bertz CT molecular complexity index is 865. The number of hydrogen-bond acceptors (Lipinski definition) is 5. The van der Waals surface area contributed by atoms with Crippen LogP contribution in [-0.4, -0.2) is 38.4 Å². The predicted molar refractivity (Wildman–Crippen MR) is 101 cm³/mol. The van der Waals surface area contributed by atoms with Gasteiger partial charge in [0.1, 0.15) is 0 Å². The van der Waals surface area contributed by atoms with Crippen LogP contribution in [0.4, 0.5) is 0 Å². The molecule has 0 radical (unpaired) electrons. The molecule has 0 saturated carbocycles. The van der Waals surface area contributed by atoms with E-state index in [0.29, 0.717) is 11.1 Å². The number of carbonyl (C=O) groups is 1. The summed E-state index contributed by atoms with van der Waals surface area (Å²) < 4.78 is 26.6. The lowest BCUT2D eigenvalue weighted by Gasteiger charge is -2.19. The highest BCUT2D eigenvalue weighted by Gasteiger charge is 2.26. The van der Waals surface area contributed by atoms with Gasteiger partial charge in [0.25, 0.3) is 5.91 Å². The molecule has 1 amide bonds. The number of sulfonamides is 1. The number of aryl methyl sites for hydroxylation is 3. The Kier molecular flexibility index (Phi) is 6.10. The van der Waals surface area contributed by atoms with E-state index in [1.165, 1.54) is 24.6 Å². The van der Waals surface area contributed by atoms with E-state index in [4.69, 9.17) is 0 Å². The van der Waals surface area contributed by atoms with Crippen molar-refractivity contribution < 1.29 is 13.2 Å². The highest BCUT2D eigenvalue weighted by Crippen LogP contribution is 2.24. The number of nitrogens with zero attached hydrogens (tertiary/aromatic N) is 2. The largest absolute Gasteiger partial charge is 0.272 e. The van der Waals surface area contributed by atoms with Gasteiger partial charge in [-0.3, -0.25) is 4.79 Å². The molecule has 0 atom stereocenters. The maximum absolute atomic E-state index is 12.8. The third kappa shape index (κ3) is 4.75. The Morgan fingerprint density at radius 3 is 2.48 bits per heavy atom. The van der Waals surface area contributed by atoms with E-state index in [1.54, 1.807) is 13.8 Å². The standard InChI is InChI=1S/C17H21N3O3S2/c1-12-8-13(2)17(14(3)9-12)25(22,23)20(4)11-16(21)19-18-10-15-6-5-7-24-15/h5-10H,11H2,1-4H3,(H,19,21)/b18-10-. The zero-order valence-electron chi connectivity index (χ0n) is 14.6. The minimum absolute atomic E-state index is 0.246. The second kappa shape index (κ2) is 7.90. The molecule has 0 aliphatic rings. The van der Waals surface area contributed by atoms with Gasteiger partial charge in [-0.1, -0.05) is 23.8 Å². The fourth-order valence-electron chi connectivity index (χ4n) is 2.58. The number of amides is 1. The van der Waals surface area contributed by atoms with Gasteiger partial charge in [0.15, 0.2) is 0 Å². The minimum atomic E-state index is -3.76. The number of thiophene rings is 1. The molecule has 1 aromatic carbocycles. The number of hydrogen-bond donors (Lipinski definition) is 1. The fraction of sp³-hybridized carbons (Fsp3) is 0.294. The summed E-state index contributed by atoms with van der Waals surface area (Å²) in [5.74, 6) is -0.499. The molecular weight excluding hydrogens is 358 g/mol. The molecule has 1 aromatic heterocycles. The van der Waals surface area contributed by atoms with E-state index < -0.39 is 15.9 Å². The first-order valence-corrected chi connectivity index (χ1v) is 9.93. The van der Waals surface area contributed by atoms with E-state index in [-0.39, 0.29) is 11.4 Å². The summed E-state index contributed by atoms with van der Waals surface area (Å²) in [7, 11) is -2.37. The van der Waals surface area contributed by atoms with E-state index in [1.807, 2.05) is 36.6 Å². The number of carbonyl (C=O) groups excluding carboxylic acids is 1. The number of hydrazone groups is 1. The van der Waals surface area contributed by atoms with Crippen molar-refractivity contribution in [2.75, 3.05) is 13.6 Å². The smallest absolute Gasteiger partial charge is 0.255 e. The minimum Gasteiger partial charge on any atom is -0.272 e. The van der Waals surface area contributed by atoms with Crippen molar-refractivity contribution in [3.8, 4) is 0 Å². The van der Waals surface area contributed by atoms with Crippen LogP contribution in [0.3, 0.4) is 0 Å². The molecule has 0 fully saturated rings.